The highest BCUT2D eigenvalue weighted by Crippen LogP contribution is 2.26. The highest BCUT2D eigenvalue weighted by Gasteiger charge is 2.27. The molecule has 1 fully saturated rings. The van der Waals surface area contributed by atoms with Crippen LogP contribution in [0.15, 0.2) is 24.3 Å². The van der Waals surface area contributed by atoms with Gasteiger partial charge in [0.25, 0.3) is 0 Å². The number of hydrogen-bond acceptors (Lipinski definition) is 2. The second kappa shape index (κ2) is 5.17. The molecule has 1 aromatic rings. The summed E-state index contributed by atoms with van der Waals surface area (Å²) in [5.74, 6) is 0. The normalized spacial score (nSPS) is 18.5. The lowest BCUT2D eigenvalue weighted by Crippen LogP contribution is -2.56. The van der Waals surface area contributed by atoms with Crippen LogP contribution in [0.5, 0.6) is 0 Å². The molecule has 1 aromatic carbocycles. The second-order valence-corrected chi connectivity index (χ2v) is 4.89. The smallest absolute Gasteiger partial charge is 0.0406 e. The molecule has 0 spiro atoms. The topological polar surface area (TPSA) is 15.3 Å². The van der Waals surface area contributed by atoms with Gasteiger partial charge in [-0.2, -0.15) is 0 Å². The van der Waals surface area contributed by atoms with Gasteiger partial charge in [0.1, 0.15) is 0 Å². The van der Waals surface area contributed by atoms with Crippen LogP contribution in [0.1, 0.15) is 24.9 Å². The van der Waals surface area contributed by atoms with Gasteiger partial charge in [-0.3, -0.25) is 4.90 Å². The average Bonchev–Trinajstić information content (AvgIpc) is 2.19. The number of benzene rings is 1. The van der Waals surface area contributed by atoms with Crippen LogP contribution in [-0.4, -0.2) is 31.1 Å². The first-order chi connectivity index (χ1) is 7.72. The summed E-state index contributed by atoms with van der Waals surface area (Å²) < 4.78 is 0. The lowest BCUT2D eigenvalue weighted by atomic mass is 10.00. The van der Waals surface area contributed by atoms with Crippen molar-refractivity contribution in [3.05, 3.63) is 34.9 Å². The minimum Gasteiger partial charge on any atom is -0.314 e. The molecule has 0 radical (unpaired) electrons. The quantitative estimate of drug-likeness (QED) is 0.868. The van der Waals surface area contributed by atoms with E-state index in [1.54, 1.807) is 0 Å². The molecule has 0 bridgehead atoms. The molecule has 1 heterocycles. The molecule has 0 amide bonds. The van der Waals surface area contributed by atoms with Gasteiger partial charge >= 0.3 is 0 Å². The van der Waals surface area contributed by atoms with E-state index < -0.39 is 0 Å². The molecule has 0 aromatic heterocycles. The molecule has 1 aliphatic heterocycles. The highest BCUT2D eigenvalue weighted by atomic mass is 35.5. The first-order valence-electron chi connectivity index (χ1n) is 5.90. The Kier molecular flexibility index (Phi) is 3.85. The van der Waals surface area contributed by atoms with E-state index in [0.717, 1.165) is 24.5 Å². The standard InChI is InChI=1S/C13H19ClN2/c1-3-13(16(2)12-8-15-9-12)10-4-6-11(14)7-5-10/h4-7,12-13,15H,3,8-9H2,1-2H3. The van der Waals surface area contributed by atoms with Crippen molar-refractivity contribution < 1.29 is 0 Å². The summed E-state index contributed by atoms with van der Waals surface area (Å²) in [5, 5.41) is 4.13. The number of rotatable bonds is 4. The Labute approximate surface area is 103 Å². The van der Waals surface area contributed by atoms with Crippen LogP contribution in [-0.2, 0) is 0 Å². The summed E-state index contributed by atoms with van der Waals surface area (Å²) in [6.45, 7) is 4.46. The third-order valence-corrected chi connectivity index (χ3v) is 3.72. The summed E-state index contributed by atoms with van der Waals surface area (Å²) in [6, 6.07) is 9.42. The summed E-state index contributed by atoms with van der Waals surface area (Å²) in [5.41, 5.74) is 1.36. The van der Waals surface area contributed by atoms with Crippen molar-refractivity contribution in [1.29, 1.82) is 0 Å². The van der Waals surface area contributed by atoms with Gasteiger partial charge in [-0.1, -0.05) is 30.7 Å². The summed E-state index contributed by atoms with van der Waals surface area (Å²) >= 11 is 5.92. The Morgan fingerprint density at radius 1 is 1.38 bits per heavy atom. The number of nitrogens with zero attached hydrogens (tertiary/aromatic N) is 1. The molecular weight excluding hydrogens is 220 g/mol. The van der Waals surface area contributed by atoms with E-state index in [9.17, 15) is 0 Å². The predicted molar refractivity (Wildman–Crippen MR) is 68.9 cm³/mol. The van der Waals surface area contributed by atoms with E-state index in [4.69, 9.17) is 11.6 Å². The molecule has 2 nitrogen and oxygen atoms in total. The van der Waals surface area contributed by atoms with Gasteiger partial charge < -0.3 is 5.32 Å². The lowest BCUT2D eigenvalue weighted by molar-refractivity contribution is 0.124. The van der Waals surface area contributed by atoms with Crippen molar-refractivity contribution >= 4 is 11.6 Å². The third kappa shape index (κ3) is 2.40. The molecule has 1 atom stereocenters. The van der Waals surface area contributed by atoms with Gasteiger partial charge in [-0.25, -0.2) is 0 Å². The molecule has 88 valence electrons. The van der Waals surface area contributed by atoms with Gasteiger partial charge in [-0.05, 0) is 31.2 Å². The molecule has 1 N–H and O–H groups in total. The van der Waals surface area contributed by atoms with Crippen LogP contribution in [0, 0.1) is 0 Å². The summed E-state index contributed by atoms with van der Waals surface area (Å²) in [6.07, 6.45) is 1.13. The largest absolute Gasteiger partial charge is 0.314 e. The maximum absolute atomic E-state index is 5.92. The lowest BCUT2D eigenvalue weighted by Gasteiger charge is -2.40. The van der Waals surface area contributed by atoms with Crippen LogP contribution in [0.2, 0.25) is 5.02 Å². The molecule has 1 aliphatic rings. The Hall–Kier alpha value is -0.570. The average molecular weight is 239 g/mol. The second-order valence-electron chi connectivity index (χ2n) is 4.45. The first kappa shape index (κ1) is 11.9. The van der Waals surface area contributed by atoms with Crippen molar-refractivity contribution in [2.75, 3.05) is 20.1 Å². The van der Waals surface area contributed by atoms with Gasteiger partial charge in [-0.15, -0.1) is 0 Å². The van der Waals surface area contributed by atoms with Crippen LogP contribution in [0.25, 0.3) is 0 Å². The third-order valence-electron chi connectivity index (χ3n) is 3.47. The van der Waals surface area contributed by atoms with Crippen molar-refractivity contribution in [2.45, 2.75) is 25.4 Å². The fraction of sp³-hybridized carbons (Fsp3) is 0.538. The molecule has 16 heavy (non-hydrogen) atoms. The monoisotopic (exact) mass is 238 g/mol. The Bertz CT molecular complexity index is 332. The zero-order chi connectivity index (χ0) is 11.5. The Morgan fingerprint density at radius 2 is 2.00 bits per heavy atom. The van der Waals surface area contributed by atoms with Gasteiger partial charge in [0.2, 0.25) is 0 Å². The van der Waals surface area contributed by atoms with Gasteiger partial charge in [0.15, 0.2) is 0 Å². The molecule has 0 saturated carbocycles. The van der Waals surface area contributed by atoms with Crippen LogP contribution < -0.4 is 5.32 Å². The van der Waals surface area contributed by atoms with E-state index in [2.05, 4.69) is 36.3 Å². The SMILES string of the molecule is CCC(c1ccc(Cl)cc1)N(C)C1CNC1. The van der Waals surface area contributed by atoms with Gasteiger partial charge in [0.05, 0.1) is 0 Å². The summed E-state index contributed by atoms with van der Waals surface area (Å²) in [4.78, 5) is 2.47. The highest BCUT2D eigenvalue weighted by molar-refractivity contribution is 6.30. The zero-order valence-corrected chi connectivity index (χ0v) is 10.7. The van der Waals surface area contributed by atoms with E-state index in [-0.39, 0.29) is 0 Å². The molecular formula is C13H19ClN2. The molecule has 2 rings (SSSR count). The number of hydrogen-bond donors (Lipinski definition) is 1. The van der Waals surface area contributed by atoms with Crippen molar-refractivity contribution in [3.63, 3.8) is 0 Å². The number of likely N-dealkylation sites (N-methyl/N-ethyl adjacent to an activating group) is 1. The van der Waals surface area contributed by atoms with Crippen molar-refractivity contribution in [2.24, 2.45) is 0 Å². The fourth-order valence-corrected chi connectivity index (χ4v) is 2.39. The van der Waals surface area contributed by atoms with E-state index in [0.29, 0.717) is 12.1 Å². The van der Waals surface area contributed by atoms with E-state index in [1.807, 2.05) is 12.1 Å². The van der Waals surface area contributed by atoms with Crippen molar-refractivity contribution in [1.82, 2.24) is 10.2 Å². The predicted octanol–water partition coefficient (Wildman–Crippen LogP) is 2.69. The van der Waals surface area contributed by atoms with E-state index >= 15 is 0 Å². The molecule has 1 unspecified atom stereocenters. The maximum atomic E-state index is 5.92. The summed E-state index contributed by atoms with van der Waals surface area (Å²) in [7, 11) is 2.22. The van der Waals surface area contributed by atoms with E-state index in [1.165, 1.54) is 5.56 Å². The first-order valence-corrected chi connectivity index (χ1v) is 6.28. The minimum atomic E-state index is 0.504. The van der Waals surface area contributed by atoms with Crippen LogP contribution >= 0.6 is 11.6 Å². The number of nitrogens with one attached hydrogen (secondary N) is 1. The van der Waals surface area contributed by atoms with Gasteiger partial charge in [0, 0.05) is 30.2 Å². The fourth-order valence-electron chi connectivity index (χ4n) is 2.26. The zero-order valence-electron chi connectivity index (χ0n) is 9.91. The molecule has 3 heteroatoms. The van der Waals surface area contributed by atoms with Crippen LogP contribution in [0.4, 0.5) is 0 Å². The minimum absolute atomic E-state index is 0.504. The van der Waals surface area contributed by atoms with Crippen molar-refractivity contribution in [3.8, 4) is 0 Å². The Balaban J connectivity index is 2.11. The number of halogens is 1. The van der Waals surface area contributed by atoms with Crippen LogP contribution in [0.3, 0.4) is 0 Å². The Morgan fingerprint density at radius 3 is 2.44 bits per heavy atom. The molecule has 0 aliphatic carbocycles. The molecule has 1 saturated heterocycles. The maximum Gasteiger partial charge on any atom is 0.0406 e.